The highest BCUT2D eigenvalue weighted by molar-refractivity contribution is 5.76. The van der Waals surface area contributed by atoms with Crippen molar-refractivity contribution in [3.8, 4) is 0 Å². The molecule has 1 heterocycles. The molecule has 0 radical (unpaired) electrons. The fourth-order valence-electron chi connectivity index (χ4n) is 1.57. The van der Waals surface area contributed by atoms with E-state index in [1.165, 1.54) is 7.11 Å². The molecule has 80 valence electrons. The summed E-state index contributed by atoms with van der Waals surface area (Å²) in [6.07, 6.45) is -0.213. The minimum atomic E-state index is -0.361. The molecule has 0 unspecified atom stereocenters. The maximum absolute atomic E-state index is 11.2. The molecule has 4 heteroatoms. The van der Waals surface area contributed by atoms with Crippen molar-refractivity contribution in [2.75, 3.05) is 13.7 Å². The van der Waals surface area contributed by atoms with E-state index in [-0.39, 0.29) is 18.2 Å². The predicted molar refractivity (Wildman–Crippen MR) is 54.1 cm³/mol. The van der Waals surface area contributed by atoms with E-state index in [9.17, 15) is 4.79 Å². The third-order valence-corrected chi connectivity index (χ3v) is 2.37. The van der Waals surface area contributed by atoms with Crippen LogP contribution >= 0.6 is 0 Å². The highest BCUT2D eigenvalue weighted by Gasteiger charge is 2.31. The first-order chi connectivity index (χ1) is 7.31. The van der Waals surface area contributed by atoms with Gasteiger partial charge in [-0.2, -0.15) is 0 Å². The molecule has 0 aliphatic carbocycles. The molecule has 1 aliphatic heterocycles. The first-order valence-electron chi connectivity index (χ1n) is 4.81. The average Bonchev–Trinajstić information content (AvgIpc) is 2.78. The Bertz CT molecular complexity index is 339. The molecule has 0 saturated carbocycles. The SMILES string of the molecule is COC(=O)[C@@H]1CO[C@@H](c2ccccc2)N1. The quantitative estimate of drug-likeness (QED) is 0.730. The number of hydrogen-bond acceptors (Lipinski definition) is 4. The highest BCUT2D eigenvalue weighted by Crippen LogP contribution is 2.20. The number of nitrogens with one attached hydrogen (secondary N) is 1. The van der Waals surface area contributed by atoms with Gasteiger partial charge in [0.25, 0.3) is 0 Å². The van der Waals surface area contributed by atoms with Gasteiger partial charge in [-0.25, -0.2) is 0 Å². The Morgan fingerprint density at radius 2 is 2.20 bits per heavy atom. The van der Waals surface area contributed by atoms with Gasteiger partial charge in [0.05, 0.1) is 13.7 Å². The first-order valence-corrected chi connectivity index (χ1v) is 4.81. The lowest BCUT2D eigenvalue weighted by Gasteiger charge is -2.10. The van der Waals surface area contributed by atoms with E-state index < -0.39 is 0 Å². The van der Waals surface area contributed by atoms with Crippen LogP contribution < -0.4 is 5.32 Å². The van der Waals surface area contributed by atoms with Crippen molar-refractivity contribution in [2.45, 2.75) is 12.3 Å². The zero-order valence-corrected chi connectivity index (χ0v) is 8.47. The summed E-state index contributed by atoms with van der Waals surface area (Å²) in [5, 5.41) is 3.06. The second-order valence-corrected chi connectivity index (χ2v) is 3.37. The highest BCUT2D eigenvalue weighted by atomic mass is 16.5. The van der Waals surface area contributed by atoms with E-state index in [4.69, 9.17) is 4.74 Å². The molecule has 1 saturated heterocycles. The van der Waals surface area contributed by atoms with Gasteiger partial charge in [0.1, 0.15) is 12.3 Å². The summed E-state index contributed by atoms with van der Waals surface area (Å²) in [5.74, 6) is -0.284. The average molecular weight is 207 g/mol. The van der Waals surface area contributed by atoms with Crippen molar-refractivity contribution in [1.82, 2.24) is 5.32 Å². The van der Waals surface area contributed by atoms with Gasteiger partial charge in [-0.3, -0.25) is 10.1 Å². The molecule has 2 atom stereocenters. The van der Waals surface area contributed by atoms with Gasteiger partial charge in [-0.15, -0.1) is 0 Å². The summed E-state index contributed by atoms with van der Waals surface area (Å²) in [6, 6.07) is 9.36. The molecule has 1 aromatic carbocycles. The fourth-order valence-corrected chi connectivity index (χ4v) is 1.57. The number of benzene rings is 1. The molecule has 0 amide bonds. The summed E-state index contributed by atoms with van der Waals surface area (Å²) in [4.78, 5) is 11.2. The van der Waals surface area contributed by atoms with E-state index in [1.54, 1.807) is 0 Å². The van der Waals surface area contributed by atoms with Crippen LogP contribution in [-0.4, -0.2) is 25.7 Å². The van der Waals surface area contributed by atoms with Gasteiger partial charge in [0, 0.05) is 0 Å². The van der Waals surface area contributed by atoms with E-state index in [2.05, 4.69) is 10.1 Å². The Labute approximate surface area is 88.2 Å². The van der Waals surface area contributed by atoms with Crippen molar-refractivity contribution in [3.63, 3.8) is 0 Å². The minimum Gasteiger partial charge on any atom is -0.468 e. The summed E-state index contributed by atoms with van der Waals surface area (Å²) >= 11 is 0. The predicted octanol–water partition coefficient (Wildman–Crippen LogP) is 0.847. The van der Waals surface area contributed by atoms with Gasteiger partial charge < -0.3 is 9.47 Å². The van der Waals surface area contributed by atoms with Gasteiger partial charge in [0.2, 0.25) is 0 Å². The summed E-state index contributed by atoms with van der Waals surface area (Å²) in [6.45, 7) is 0.353. The van der Waals surface area contributed by atoms with Gasteiger partial charge in [-0.05, 0) is 5.56 Å². The van der Waals surface area contributed by atoms with Crippen molar-refractivity contribution in [3.05, 3.63) is 35.9 Å². The molecule has 4 nitrogen and oxygen atoms in total. The Hall–Kier alpha value is -1.39. The number of ether oxygens (including phenoxy) is 2. The molecule has 1 fully saturated rings. The van der Waals surface area contributed by atoms with E-state index in [0.717, 1.165) is 5.56 Å². The van der Waals surface area contributed by atoms with Crippen LogP contribution in [0.4, 0.5) is 0 Å². The van der Waals surface area contributed by atoms with E-state index in [0.29, 0.717) is 6.61 Å². The number of esters is 1. The zero-order valence-electron chi connectivity index (χ0n) is 8.47. The molecular formula is C11H13NO3. The second kappa shape index (κ2) is 4.42. The van der Waals surface area contributed by atoms with Crippen molar-refractivity contribution < 1.29 is 14.3 Å². The monoisotopic (exact) mass is 207 g/mol. The number of methoxy groups -OCH3 is 1. The van der Waals surface area contributed by atoms with E-state index in [1.807, 2.05) is 30.3 Å². The summed E-state index contributed by atoms with van der Waals surface area (Å²) in [5.41, 5.74) is 1.02. The Balaban J connectivity index is 2.02. The lowest BCUT2D eigenvalue weighted by atomic mass is 10.2. The van der Waals surface area contributed by atoms with Crippen LogP contribution in [0.15, 0.2) is 30.3 Å². The maximum atomic E-state index is 11.2. The van der Waals surface area contributed by atoms with Crippen LogP contribution in [0.25, 0.3) is 0 Å². The van der Waals surface area contributed by atoms with Crippen molar-refractivity contribution >= 4 is 5.97 Å². The van der Waals surface area contributed by atoms with Gasteiger partial charge >= 0.3 is 5.97 Å². The number of hydrogen-bond donors (Lipinski definition) is 1. The summed E-state index contributed by atoms with van der Waals surface area (Å²) < 4.78 is 10.1. The van der Waals surface area contributed by atoms with Crippen LogP contribution in [0.3, 0.4) is 0 Å². The third kappa shape index (κ3) is 2.16. The van der Waals surface area contributed by atoms with Gasteiger partial charge in [-0.1, -0.05) is 30.3 Å². The van der Waals surface area contributed by atoms with Crippen LogP contribution in [0, 0.1) is 0 Å². The molecule has 0 bridgehead atoms. The van der Waals surface area contributed by atoms with Crippen molar-refractivity contribution in [2.24, 2.45) is 0 Å². The molecule has 1 aromatic rings. The molecule has 15 heavy (non-hydrogen) atoms. The Morgan fingerprint density at radius 3 is 2.87 bits per heavy atom. The standard InChI is InChI=1S/C11H13NO3/c1-14-11(13)9-7-15-10(12-9)8-5-3-2-4-6-8/h2-6,9-10,12H,7H2,1H3/t9-,10-/m0/s1. The lowest BCUT2D eigenvalue weighted by molar-refractivity contribution is -0.142. The lowest BCUT2D eigenvalue weighted by Crippen LogP contribution is -2.34. The van der Waals surface area contributed by atoms with Crippen LogP contribution in [0.1, 0.15) is 11.8 Å². The largest absolute Gasteiger partial charge is 0.468 e. The second-order valence-electron chi connectivity index (χ2n) is 3.37. The number of rotatable bonds is 2. The Morgan fingerprint density at radius 1 is 1.47 bits per heavy atom. The minimum absolute atomic E-state index is 0.213. The van der Waals surface area contributed by atoms with Crippen LogP contribution in [0.2, 0.25) is 0 Å². The topological polar surface area (TPSA) is 47.6 Å². The molecular weight excluding hydrogens is 194 g/mol. The molecule has 0 aromatic heterocycles. The maximum Gasteiger partial charge on any atom is 0.325 e. The fraction of sp³-hybridized carbons (Fsp3) is 0.364. The molecule has 0 spiro atoms. The summed E-state index contributed by atoms with van der Waals surface area (Å²) in [7, 11) is 1.37. The third-order valence-electron chi connectivity index (χ3n) is 2.37. The number of carbonyl (C=O) groups is 1. The molecule has 2 rings (SSSR count). The molecule has 1 aliphatic rings. The zero-order chi connectivity index (χ0) is 10.7. The smallest absolute Gasteiger partial charge is 0.325 e. The van der Waals surface area contributed by atoms with Crippen molar-refractivity contribution in [1.29, 1.82) is 0 Å². The Kier molecular flexibility index (Phi) is 2.99. The number of carbonyl (C=O) groups excluding carboxylic acids is 1. The van der Waals surface area contributed by atoms with Crippen LogP contribution in [0.5, 0.6) is 0 Å². The van der Waals surface area contributed by atoms with Gasteiger partial charge in [0.15, 0.2) is 0 Å². The first kappa shape index (κ1) is 10.1. The van der Waals surface area contributed by atoms with Crippen LogP contribution in [-0.2, 0) is 14.3 Å². The normalized spacial score (nSPS) is 25.1. The van der Waals surface area contributed by atoms with E-state index >= 15 is 0 Å². The molecule has 1 N–H and O–H groups in total.